The van der Waals surface area contributed by atoms with Crippen LogP contribution in [-0.4, -0.2) is 61.7 Å². The standard InChI is InChI=1S/C18H26N2O4/c1-14-6-4-7-15(2)17(14)24-13-5-8-16(21)19-9-11-20(12-10-19)18(22)23-3/h4,6-7H,5,8-13H2,1-3H3. The fourth-order valence-corrected chi connectivity index (χ4v) is 2.85. The topological polar surface area (TPSA) is 59.1 Å². The molecule has 6 nitrogen and oxygen atoms in total. The number of aryl methyl sites for hydroxylation is 2. The molecule has 0 aliphatic carbocycles. The van der Waals surface area contributed by atoms with Crippen LogP contribution in [-0.2, 0) is 9.53 Å². The number of hydrogen-bond acceptors (Lipinski definition) is 4. The second-order valence-electron chi connectivity index (χ2n) is 6.01. The van der Waals surface area contributed by atoms with Crippen LogP contribution in [0.4, 0.5) is 4.79 Å². The van der Waals surface area contributed by atoms with E-state index >= 15 is 0 Å². The van der Waals surface area contributed by atoms with Crippen molar-refractivity contribution in [2.24, 2.45) is 0 Å². The minimum Gasteiger partial charge on any atom is -0.493 e. The number of rotatable bonds is 5. The Balaban J connectivity index is 1.70. The number of methoxy groups -OCH3 is 1. The molecule has 6 heteroatoms. The normalized spacial score (nSPS) is 14.5. The second kappa shape index (κ2) is 8.57. The second-order valence-corrected chi connectivity index (χ2v) is 6.01. The van der Waals surface area contributed by atoms with E-state index in [1.165, 1.54) is 7.11 Å². The lowest BCUT2D eigenvalue weighted by Gasteiger charge is -2.33. The summed E-state index contributed by atoms with van der Waals surface area (Å²) in [4.78, 5) is 27.1. The molecule has 0 spiro atoms. The smallest absolute Gasteiger partial charge is 0.409 e. The lowest BCUT2D eigenvalue weighted by atomic mass is 10.1. The lowest BCUT2D eigenvalue weighted by molar-refractivity contribution is -0.133. The Morgan fingerprint density at radius 3 is 2.21 bits per heavy atom. The summed E-state index contributed by atoms with van der Waals surface area (Å²) < 4.78 is 10.5. The zero-order valence-electron chi connectivity index (χ0n) is 14.7. The van der Waals surface area contributed by atoms with E-state index in [0.29, 0.717) is 45.6 Å². The molecule has 1 heterocycles. The third-order valence-electron chi connectivity index (χ3n) is 4.26. The Kier molecular flexibility index (Phi) is 6.46. The summed E-state index contributed by atoms with van der Waals surface area (Å²) in [5, 5.41) is 0. The number of para-hydroxylation sites is 1. The quantitative estimate of drug-likeness (QED) is 0.776. The number of nitrogens with zero attached hydrogens (tertiary/aromatic N) is 2. The van der Waals surface area contributed by atoms with Crippen molar-refractivity contribution in [3.63, 3.8) is 0 Å². The average Bonchev–Trinajstić information content (AvgIpc) is 2.60. The molecule has 0 N–H and O–H groups in total. The Morgan fingerprint density at radius 2 is 1.62 bits per heavy atom. The monoisotopic (exact) mass is 334 g/mol. The van der Waals surface area contributed by atoms with Crippen molar-refractivity contribution in [2.75, 3.05) is 39.9 Å². The molecule has 1 aromatic carbocycles. The van der Waals surface area contributed by atoms with Crippen molar-refractivity contribution in [1.82, 2.24) is 9.80 Å². The number of hydrogen-bond donors (Lipinski definition) is 0. The Labute approximate surface area is 143 Å². The summed E-state index contributed by atoms with van der Waals surface area (Å²) >= 11 is 0. The SMILES string of the molecule is COC(=O)N1CCN(C(=O)CCCOc2c(C)cccc2C)CC1. The molecular weight excluding hydrogens is 308 g/mol. The van der Waals surface area contributed by atoms with Gasteiger partial charge in [0.15, 0.2) is 0 Å². The highest BCUT2D eigenvalue weighted by Crippen LogP contribution is 2.22. The summed E-state index contributed by atoms with van der Waals surface area (Å²) in [6, 6.07) is 6.05. The molecule has 24 heavy (non-hydrogen) atoms. The van der Waals surface area contributed by atoms with Gasteiger partial charge >= 0.3 is 6.09 Å². The first-order valence-corrected chi connectivity index (χ1v) is 8.32. The van der Waals surface area contributed by atoms with Gasteiger partial charge in [-0.1, -0.05) is 18.2 Å². The number of carbonyl (C=O) groups is 2. The van der Waals surface area contributed by atoms with Crippen LogP contribution in [0, 0.1) is 13.8 Å². The van der Waals surface area contributed by atoms with Gasteiger partial charge in [0, 0.05) is 32.6 Å². The lowest BCUT2D eigenvalue weighted by Crippen LogP contribution is -2.50. The number of amides is 2. The van der Waals surface area contributed by atoms with Gasteiger partial charge in [-0.2, -0.15) is 0 Å². The minimum absolute atomic E-state index is 0.115. The van der Waals surface area contributed by atoms with Crippen LogP contribution in [0.2, 0.25) is 0 Å². The highest BCUT2D eigenvalue weighted by Gasteiger charge is 2.24. The van der Waals surface area contributed by atoms with E-state index in [1.807, 2.05) is 32.0 Å². The van der Waals surface area contributed by atoms with Crippen LogP contribution in [0.3, 0.4) is 0 Å². The van der Waals surface area contributed by atoms with Crippen LogP contribution in [0.15, 0.2) is 18.2 Å². The van der Waals surface area contributed by atoms with Gasteiger partial charge < -0.3 is 19.3 Å². The zero-order chi connectivity index (χ0) is 17.5. The molecule has 1 saturated heterocycles. The van der Waals surface area contributed by atoms with Crippen molar-refractivity contribution < 1.29 is 19.1 Å². The molecule has 0 unspecified atom stereocenters. The van der Waals surface area contributed by atoms with Gasteiger partial charge in [0.1, 0.15) is 5.75 Å². The maximum atomic E-state index is 12.2. The maximum Gasteiger partial charge on any atom is 0.409 e. The van der Waals surface area contributed by atoms with Crippen LogP contribution < -0.4 is 4.74 Å². The largest absolute Gasteiger partial charge is 0.493 e. The Hall–Kier alpha value is -2.24. The molecule has 0 bridgehead atoms. The number of ether oxygens (including phenoxy) is 2. The molecule has 2 amide bonds. The van der Waals surface area contributed by atoms with Gasteiger partial charge in [0.05, 0.1) is 13.7 Å². The van der Waals surface area contributed by atoms with Gasteiger partial charge in [0.25, 0.3) is 0 Å². The van der Waals surface area contributed by atoms with Crippen molar-refractivity contribution in [3.8, 4) is 5.75 Å². The minimum atomic E-state index is -0.330. The van der Waals surface area contributed by atoms with Crippen molar-refractivity contribution in [3.05, 3.63) is 29.3 Å². The maximum absolute atomic E-state index is 12.2. The first kappa shape index (κ1) is 18.1. The summed E-state index contributed by atoms with van der Waals surface area (Å²) in [5.74, 6) is 1.03. The highest BCUT2D eigenvalue weighted by atomic mass is 16.5. The zero-order valence-corrected chi connectivity index (χ0v) is 14.7. The van der Waals surface area contributed by atoms with Crippen molar-refractivity contribution in [1.29, 1.82) is 0 Å². The van der Waals surface area contributed by atoms with E-state index in [-0.39, 0.29) is 12.0 Å². The van der Waals surface area contributed by atoms with Crippen LogP contribution >= 0.6 is 0 Å². The number of benzene rings is 1. The molecule has 0 radical (unpaired) electrons. The van der Waals surface area contributed by atoms with Crippen molar-refractivity contribution >= 4 is 12.0 Å². The fourth-order valence-electron chi connectivity index (χ4n) is 2.85. The highest BCUT2D eigenvalue weighted by molar-refractivity contribution is 5.76. The number of carbonyl (C=O) groups excluding carboxylic acids is 2. The van der Waals surface area contributed by atoms with E-state index < -0.39 is 0 Å². The van der Waals surface area contributed by atoms with Gasteiger partial charge in [-0.05, 0) is 31.4 Å². The summed E-state index contributed by atoms with van der Waals surface area (Å²) in [5.41, 5.74) is 2.22. The van der Waals surface area contributed by atoms with Crippen LogP contribution in [0.5, 0.6) is 5.75 Å². The fraction of sp³-hybridized carbons (Fsp3) is 0.556. The van der Waals surface area contributed by atoms with E-state index in [2.05, 4.69) is 0 Å². The summed E-state index contributed by atoms with van der Waals surface area (Å²) in [6.45, 7) is 6.74. The molecule has 0 aromatic heterocycles. The summed E-state index contributed by atoms with van der Waals surface area (Å²) in [6.07, 6.45) is 0.816. The first-order chi connectivity index (χ1) is 11.5. The van der Waals surface area contributed by atoms with E-state index in [4.69, 9.17) is 9.47 Å². The van der Waals surface area contributed by atoms with E-state index in [9.17, 15) is 9.59 Å². The van der Waals surface area contributed by atoms with E-state index in [0.717, 1.165) is 16.9 Å². The third-order valence-corrected chi connectivity index (χ3v) is 4.26. The Morgan fingerprint density at radius 1 is 1.04 bits per heavy atom. The van der Waals surface area contributed by atoms with Crippen LogP contribution in [0.25, 0.3) is 0 Å². The molecule has 1 aliphatic heterocycles. The Bertz CT molecular complexity index is 560. The average molecular weight is 334 g/mol. The van der Waals surface area contributed by atoms with Crippen molar-refractivity contribution in [2.45, 2.75) is 26.7 Å². The number of piperazine rings is 1. The molecule has 2 rings (SSSR count). The first-order valence-electron chi connectivity index (χ1n) is 8.32. The molecule has 132 valence electrons. The molecule has 0 atom stereocenters. The van der Waals surface area contributed by atoms with Gasteiger partial charge in [-0.25, -0.2) is 4.79 Å². The molecule has 1 fully saturated rings. The predicted octanol–water partition coefficient (Wildman–Crippen LogP) is 2.37. The summed E-state index contributed by atoms with van der Waals surface area (Å²) in [7, 11) is 1.37. The van der Waals surface area contributed by atoms with Gasteiger partial charge in [0.2, 0.25) is 5.91 Å². The van der Waals surface area contributed by atoms with E-state index in [1.54, 1.807) is 9.80 Å². The predicted molar refractivity (Wildman–Crippen MR) is 91.2 cm³/mol. The van der Waals surface area contributed by atoms with Crippen LogP contribution in [0.1, 0.15) is 24.0 Å². The molecule has 0 saturated carbocycles. The molecular formula is C18H26N2O4. The molecule has 1 aromatic rings. The van der Waals surface area contributed by atoms with Gasteiger partial charge in [-0.15, -0.1) is 0 Å². The van der Waals surface area contributed by atoms with Gasteiger partial charge in [-0.3, -0.25) is 4.79 Å². The third kappa shape index (κ3) is 4.63. The molecule has 1 aliphatic rings.